The first-order valence-corrected chi connectivity index (χ1v) is 14.2. The van der Waals surface area contributed by atoms with Crippen molar-refractivity contribution >= 4 is 54.1 Å². The minimum atomic E-state index is 1.18. The van der Waals surface area contributed by atoms with Gasteiger partial charge in [0.1, 0.15) is 0 Å². The maximum Gasteiger partial charge on any atom is 0.0541 e. The largest absolute Gasteiger partial charge is 0.309 e. The summed E-state index contributed by atoms with van der Waals surface area (Å²) in [5, 5.41) is 10.5. The Labute approximate surface area is 237 Å². The molecular weight excluding hydrogens is 494 g/mol. The molecule has 0 N–H and O–H groups in total. The Morgan fingerprint density at radius 1 is 0.317 bits per heavy atom. The second-order valence-corrected chi connectivity index (χ2v) is 10.9. The van der Waals surface area contributed by atoms with Gasteiger partial charge >= 0.3 is 0 Å². The van der Waals surface area contributed by atoms with E-state index in [0.717, 1.165) is 0 Å². The van der Waals surface area contributed by atoms with Gasteiger partial charge in [-0.15, -0.1) is 0 Å². The molecule has 190 valence electrons. The number of aromatic nitrogens is 1. The quantitative estimate of drug-likeness (QED) is 0.205. The molecule has 1 nitrogen and oxygen atoms in total. The zero-order valence-corrected chi connectivity index (χ0v) is 22.4. The summed E-state index contributed by atoms with van der Waals surface area (Å²) in [6.45, 7) is 0. The number of benzene rings is 8. The summed E-state index contributed by atoms with van der Waals surface area (Å²) in [4.78, 5) is 0. The lowest BCUT2D eigenvalue weighted by atomic mass is 9.87. The topological polar surface area (TPSA) is 4.93 Å². The van der Waals surface area contributed by atoms with Gasteiger partial charge in [-0.25, -0.2) is 0 Å². The third kappa shape index (κ3) is 3.24. The molecule has 0 radical (unpaired) electrons. The predicted octanol–water partition coefficient (Wildman–Crippen LogP) is 11.0. The molecule has 0 bridgehead atoms. The highest BCUT2D eigenvalue weighted by Gasteiger charge is 2.16. The van der Waals surface area contributed by atoms with Gasteiger partial charge in [0, 0.05) is 16.5 Å². The van der Waals surface area contributed by atoms with Crippen LogP contribution in [0.2, 0.25) is 0 Å². The van der Waals surface area contributed by atoms with E-state index in [1.807, 2.05) is 0 Å². The van der Waals surface area contributed by atoms with Gasteiger partial charge in [-0.2, -0.15) is 0 Å². The van der Waals surface area contributed by atoms with Crippen LogP contribution in [-0.4, -0.2) is 4.57 Å². The lowest BCUT2D eigenvalue weighted by molar-refractivity contribution is 1.18. The van der Waals surface area contributed by atoms with Crippen LogP contribution in [0.4, 0.5) is 0 Å². The van der Waals surface area contributed by atoms with Gasteiger partial charge < -0.3 is 4.57 Å². The van der Waals surface area contributed by atoms with E-state index in [1.165, 1.54) is 82.1 Å². The molecule has 0 saturated heterocycles. The molecule has 0 saturated carbocycles. The minimum Gasteiger partial charge on any atom is -0.309 e. The van der Waals surface area contributed by atoms with Gasteiger partial charge in [0.2, 0.25) is 0 Å². The fourth-order valence-electron chi connectivity index (χ4n) is 6.91. The van der Waals surface area contributed by atoms with Crippen LogP contribution in [0, 0.1) is 0 Å². The molecule has 0 amide bonds. The highest BCUT2D eigenvalue weighted by atomic mass is 15.0. The van der Waals surface area contributed by atoms with Gasteiger partial charge in [-0.1, -0.05) is 127 Å². The molecule has 9 rings (SSSR count). The Kier molecular flexibility index (Phi) is 4.67. The molecule has 9 aromatic rings. The number of hydrogen-bond acceptors (Lipinski definition) is 0. The maximum absolute atomic E-state index is 2.38. The minimum absolute atomic E-state index is 1.18. The molecule has 0 fully saturated rings. The fourth-order valence-corrected chi connectivity index (χ4v) is 6.91. The van der Waals surface area contributed by atoms with E-state index in [9.17, 15) is 0 Å². The van der Waals surface area contributed by atoms with Crippen molar-refractivity contribution in [1.29, 1.82) is 0 Å². The third-order valence-electron chi connectivity index (χ3n) is 8.77. The van der Waals surface area contributed by atoms with Crippen molar-refractivity contribution in [2.24, 2.45) is 0 Å². The van der Waals surface area contributed by atoms with Crippen LogP contribution in [0.25, 0.3) is 82.1 Å². The summed E-state index contributed by atoms with van der Waals surface area (Å²) in [5.74, 6) is 0. The van der Waals surface area contributed by atoms with E-state index < -0.39 is 0 Å². The summed E-state index contributed by atoms with van der Waals surface area (Å²) in [6.07, 6.45) is 0. The molecule has 0 spiro atoms. The van der Waals surface area contributed by atoms with Crippen LogP contribution in [0.3, 0.4) is 0 Å². The second-order valence-electron chi connectivity index (χ2n) is 10.9. The van der Waals surface area contributed by atoms with Crippen LogP contribution in [-0.2, 0) is 0 Å². The summed E-state index contributed by atoms with van der Waals surface area (Å²) < 4.78 is 2.38. The lowest BCUT2D eigenvalue weighted by Crippen LogP contribution is -1.94. The second kappa shape index (κ2) is 8.55. The van der Waals surface area contributed by atoms with E-state index in [0.29, 0.717) is 0 Å². The van der Waals surface area contributed by atoms with E-state index in [-0.39, 0.29) is 0 Å². The standard InChI is InChI=1S/C40H25N/c1-2-8-26(9-3-1)31-22-16-28-19-25-36-32(23-17-29-18-24-35(31)39(28)40(29)36)27-14-20-30(21-15-27)41-37-12-6-4-10-33(37)34-11-5-7-13-38(34)41/h1-25H. The van der Waals surface area contributed by atoms with Crippen molar-refractivity contribution in [3.63, 3.8) is 0 Å². The van der Waals surface area contributed by atoms with Gasteiger partial charge in [0.05, 0.1) is 11.0 Å². The summed E-state index contributed by atoms with van der Waals surface area (Å²) in [5.41, 5.74) is 8.69. The lowest BCUT2D eigenvalue weighted by Gasteiger charge is -2.17. The van der Waals surface area contributed by atoms with E-state index >= 15 is 0 Å². The molecule has 1 aromatic heterocycles. The average Bonchev–Trinajstić information content (AvgIpc) is 3.38. The molecule has 0 aliphatic carbocycles. The molecule has 0 unspecified atom stereocenters. The zero-order valence-electron chi connectivity index (χ0n) is 22.4. The van der Waals surface area contributed by atoms with Gasteiger partial charge in [0.25, 0.3) is 0 Å². The Bertz CT molecular complexity index is 2340. The Morgan fingerprint density at radius 2 is 0.780 bits per heavy atom. The van der Waals surface area contributed by atoms with Crippen LogP contribution >= 0.6 is 0 Å². The van der Waals surface area contributed by atoms with Crippen LogP contribution in [0.5, 0.6) is 0 Å². The number of nitrogens with zero attached hydrogens (tertiary/aromatic N) is 1. The highest BCUT2D eigenvalue weighted by molar-refractivity contribution is 6.27. The first kappa shape index (κ1) is 22.4. The van der Waals surface area contributed by atoms with Crippen molar-refractivity contribution < 1.29 is 0 Å². The zero-order chi connectivity index (χ0) is 26.9. The first-order chi connectivity index (χ1) is 20.3. The number of rotatable bonds is 3. The normalized spacial score (nSPS) is 11.9. The maximum atomic E-state index is 2.38. The SMILES string of the molecule is c1ccc(-c2ccc3ccc4c(-c5ccc(-n6c7ccccc7c7ccccc76)cc5)ccc5ccc2c3c54)cc1. The van der Waals surface area contributed by atoms with Crippen molar-refractivity contribution in [1.82, 2.24) is 4.57 Å². The Hall–Kier alpha value is -5.40. The average molecular weight is 520 g/mol. The summed E-state index contributed by atoms with van der Waals surface area (Å²) in [6, 6.07) is 55.5. The number of hydrogen-bond donors (Lipinski definition) is 0. The molecule has 0 atom stereocenters. The van der Waals surface area contributed by atoms with Gasteiger partial charge in [-0.3, -0.25) is 0 Å². The van der Waals surface area contributed by atoms with E-state index in [4.69, 9.17) is 0 Å². The van der Waals surface area contributed by atoms with Crippen LogP contribution < -0.4 is 0 Å². The van der Waals surface area contributed by atoms with Gasteiger partial charge in [-0.05, 0) is 78.8 Å². The predicted molar refractivity (Wildman–Crippen MR) is 175 cm³/mol. The molecule has 41 heavy (non-hydrogen) atoms. The molecule has 8 aromatic carbocycles. The first-order valence-electron chi connectivity index (χ1n) is 14.2. The monoisotopic (exact) mass is 519 g/mol. The van der Waals surface area contributed by atoms with Crippen molar-refractivity contribution in [3.05, 3.63) is 152 Å². The molecule has 1 heteroatoms. The van der Waals surface area contributed by atoms with Crippen molar-refractivity contribution in [3.8, 4) is 27.9 Å². The van der Waals surface area contributed by atoms with Crippen LogP contribution in [0.15, 0.2) is 152 Å². The molecule has 1 heterocycles. The molecule has 0 aliphatic rings. The molecule has 0 aliphatic heterocycles. The summed E-state index contributed by atoms with van der Waals surface area (Å²) in [7, 11) is 0. The smallest absolute Gasteiger partial charge is 0.0541 e. The summed E-state index contributed by atoms with van der Waals surface area (Å²) >= 11 is 0. The number of para-hydroxylation sites is 2. The number of fused-ring (bicyclic) bond motifs is 3. The highest BCUT2D eigenvalue weighted by Crippen LogP contribution is 2.42. The molecular formula is C40H25N. The Morgan fingerprint density at radius 3 is 1.34 bits per heavy atom. The van der Waals surface area contributed by atoms with E-state index in [1.54, 1.807) is 0 Å². The fraction of sp³-hybridized carbons (Fsp3) is 0. The van der Waals surface area contributed by atoms with Crippen molar-refractivity contribution in [2.45, 2.75) is 0 Å². The van der Waals surface area contributed by atoms with Crippen molar-refractivity contribution in [2.75, 3.05) is 0 Å². The van der Waals surface area contributed by atoms with Crippen LogP contribution in [0.1, 0.15) is 0 Å². The Balaban J connectivity index is 1.24. The van der Waals surface area contributed by atoms with E-state index in [2.05, 4.69) is 156 Å². The third-order valence-corrected chi connectivity index (χ3v) is 8.77. The van der Waals surface area contributed by atoms with Gasteiger partial charge in [0.15, 0.2) is 0 Å².